The van der Waals surface area contributed by atoms with Gasteiger partial charge in [-0.05, 0) is 24.1 Å². The Bertz CT molecular complexity index is 437. The van der Waals surface area contributed by atoms with E-state index < -0.39 is 6.10 Å². The first-order chi connectivity index (χ1) is 7.72. The molecule has 1 aromatic carbocycles. The van der Waals surface area contributed by atoms with E-state index in [-0.39, 0.29) is 6.79 Å². The molecule has 1 aromatic rings. The van der Waals surface area contributed by atoms with Crippen molar-refractivity contribution in [1.82, 2.24) is 0 Å². The van der Waals surface area contributed by atoms with E-state index in [9.17, 15) is 5.11 Å². The molecule has 0 aromatic heterocycles. The number of benzene rings is 1. The van der Waals surface area contributed by atoms with Crippen molar-refractivity contribution in [2.45, 2.75) is 18.9 Å². The van der Waals surface area contributed by atoms with Crippen LogP contribution in [-0.2, 0) is 0 Å². The fourth-order valence-electron chi connectivity index (χ4n) is 1.57. The molecule has 4 heteroatoms. The quantitative estimate of drug-likeness (QED) is 0.823. The van der Waals surface area contributed by atoms with E-state index in [2.05, 4.69) is 5.92 Å². The number of rotatable bonds is 3. The zero-order chi connectivity index (χ0) is 11.5. The SMILES string of the molecule is C#CCCC(O)c1cc(Cl)c2c(c1)OCO2. The van der Waals surface area contributed by atoms with Crippen molar-refractivity contribution in [1.29, 1.82) is 0 Å². The van der Waals surface area contributed by atoms with E-state index in [1.54, 1.807) is 12.1 Å². The third kappa shape index (κ3) is 2.08. The van der Waals surface area contributed by atoms with Gasteiger partial charge < -0.3 is 14.6 Å². The molecule has 0 spiro atoms. The van der Waals surface area contributed by atoms with Gasteiger partial charge in [-0.1, -0.05) is 11.6 Å². The van der Waals surface area contributed by atoms with Gasteiger partial charge in [-0.2, -0.15) is 0 Å². The van der Waals surface area contributed by atoms with Crippen LogP contribution >= 0.6 is 11.6 Å². The van der Waals surface area contributed by atoms with E-state index in [4.69, 9.17) is 27.5 Å². The van der Waals surface area contributed by atoms with E-state index >= 15 is 0 Å². The normalized spacial score (nSPS) is 14.6. The molecule has 3 nitrogen and oxygen atoms in total. The molecule has 1 aliphatic rings. The summed E-state index contributed by atoms with van der Waals surface area (Å²) in [4.78, 5) is 0. The summed E-state index contributed by atoms with van der Waals surface area (Å²) in [5.41, 5.74) is 0.699. The van der Waals surface area contributed by atoms with E-state index in [1.807, 2.05) is 0 Å². The topological polar surface area (TPSA) is 38.7 Å². The molecule has 0 radical (unpaired) electrons. The average Bonchev–Trinajstić information content (AvgIpc) is 2.74. The van der Waals surface area contributed by atoms with Gasteiger partial charge >= 0.3 is 0 Å². The number of aliphatic hydroxyl groups excluding tert-OH is 1. The minimum Gasteiger partial charge on any atom is -0.454 e. The number of halogens is 1. The Balaban J connectivity index is 2.23. The Morgan fingerprint density at radius 1 is 1.50 bits per heavy atom. The molecule has 1 N–H and O–H groups in total. The van der Waals surface area contributed by atoms with Crippen molar-refractivity contribution in [3.8, 4) is 23.8 Å². The van der Waals surface area contributed by atoms with Gasteiger partial charge in [-0.3, -0.25) is 0 Å². The zero-order valence-electron chi connectivity index (χ0n) is 8.57. The largest absolute Gasteiger partial charge is 0.454 e. The first kappa shape index (κ1) is 11.1. The van der Waals surface area contributed by atoms with Gasteiger partial charge in [0.05, 0.1) is 11.1 Å². The monoisotopic (exact) mass is 238 g/mol. The van der Waals surface area contributed by atoms with Crippen molar-refractivity contribution in [3.05, 3.63) is 22.7 Å². The van der Waals surface area contributed by atoms with Crippen molar-refractivity contribution in [3.63, 3.8) is 0 Å². The highest BCUT2D eigenvalue weighted by atomic mass is 35.5. The number of hydrogen-bond donors (Lipinski definition) is 1. The standard InChI is InChI=1S/C12H11ClO3/c1-2-3-4-10(14)8-5-9(13)12-11(6-8)15-7-16-12/h1,5-6,10,14H,3-4,7H2. The van der Waals surface area contributed by atoms with Gasteiger partial charge in [0.1, 0.15) is 0 Å². The van der Waals surface area contributed by atoms with Gasteiger partial charge in [0.25, 0.3) is 0 Å². The van der Waals surface area contributed by atoms with Crippen molar-refractivity contribution >= 4 is 11.6 Å². The second kappa shape index (κ2) is 4.65. The molecule has 1 atom stereocenters. The molecule has 0 bridgehead atoms. The van der Waals surface area contributed by atoms with Gasteiger partial charge in [0.15, 0.2) is 11.5 Å². The average molecular weight is 239 g/mol. The van der Waals surface area contributed by atoms with Crippen molar-refractivity contribution < 1.29 is 14.6 Å². The summed E-state index contributed by atoms with van der Waals surface area (Å²) < 4.78 is 10.4. The summed E-state index contributed by atoms with van der Waals surface area (Å²) in [6.07, 6.45) is 5.55. The maximum Gasteiger partial charge on any atom is 0.231 e. The first-order valence-electron chi connectivity index (χ1n) is 4.93. The molecule has 0 saturated heterocycles. The maximum atomic E-state index is 9.86. The lowest BCUT2D eigenvalue weighted by atomic mass is 10.0. The Labute approximate surface area is 98.9 Å². The van der Waals surface area contributed by atoms with Crippen LogP contribution in [0, 0.1) is 12.3 Å². The molecule has 1 unspecified atom stereocenters. The molecule has 0 amide bonds. The fraction of sp³-hybridized carbons (Fsp3) is 0.333. The summed E-state index contributed by atoms with van der Waals surface area (Å²) in [7, 11) is 0. The second-order valence-corrected chi connectivity index (χ2v) is 3.90. The minimum atomic E-state index is -0.622. The van der Waals surface area contributed by atoms with Crippen molar-refractivity contribution in [2.75, 3.05) is 6.79 Å². The first-order valence-corrected chi connectivity index (χ1v) is 5.30. The Morgan fingerprint density at radius 2 is 2.31 bits per heavy atom. The molecule has 16 heavy (non-hydrogen) atoms. The lowest BCUT2D eigenvalue weighted by Gasteiger charge is -2.10. The van der Waals surface area contributed by atoms with Crippen LogP contribution in [0.1, 0.15) is 24.5 Å². The van der Waals surface area contributed by atoms with Crippen LogP contribution in [-0.4, -0.2) is 11.9 Å². The maximum absolute atomic E-state index is 9.86. The van der Waals surface area contributed by atoms with Crippen LogP contribution in [0.5, 0.6) is 11.5 Å². The van der Waals surface area contributed by atoms with Crippen LogP contribution in [0.25, 0.3) is 0 Å². The van der Waals surface area contributed by atoms with Gasteiger partial charge in [-0.25, -0.2) is 0 Å². The molecule has 2 rings (SSSR count). The summed E-state index contributed by atoms with van der Waals surface area (Å²) in [5.74, 6) is 3.59. The van der Waals surface area contributed by atoms with Crippen LogP contribution in [0.3, 0.4) is 0 Å². The van der Waals surface area contributed by atoms with Gasteiger partial charge in [-0.15, -0.1) is 12.3 Å². The van der Waals surface area contributed by atoms with Gasteiger partial charge in [0, 0.05) is 6.42 Å². The fourth-order valence-corrected chi connectivity index (χ4v) is 1.84. The van der Waals surface area contributed by atoms with Crippen LogP contribution in [0.4, 0.5) is 0 Å². The molecule has 84 valence electrons. The Morgan fingerprint density at radius 3 is 3.06 bits per heavy atom. The molecule has 0 saturated carbocycles. The van der Waals surface area contributed by atoms with E-state index in [0.717, 1.165) is 0 Å². The van der Waals surface area contributed by atoms with E-state index in [1.165, 1.54) is 0 Å². The number of fused-ring (bicyclic) bond motifs is 1. The minimum absolute atomic E-state index is 0.166. The third-order valence-corrected chi connectivity index (χ3v) is 2.68. The predicted octanol–water partition coefficient (Wildman–Crippen LogP) is 2.52. The van der Waals surface area contributed by atoms with Crippen LogP contribution < -0.4 is 9.47 Å². The van der Waals surface area contributed by atoms with Crippen molar-refractivity contribution in [2.24, 2.45) is 0 Å². The Hall–Kier alpha value is -1.37. The number of terminal acetylenes is 1. The predicted molar refractivity (Wildman–Crippen MR) is 60.6 cm³/mol. The molecule has 0 aliphatic carbocycles. The number of ether oxygens (including phenoxy) is 2. The molecule has 1 aliphatic heterocycles. The number of aliphatic hydroxyl groups is 1. The highest BCUT2D eigenvalue weighted by Crippen LogP contribution is 2.41. The summed E-state index contributed by atoms with van der Waals surface area (Å²) in [6, 6.07) is 3.41. The Kier molecular flexibility index (Phi) is 3.23. The lowest BCUT2D eigenvalue weighted by molar-refractivity contribution is 0.167. The van der Waals surface area contributed by atoms with E-state index in [0.29, 0.717) is 34.9 Å². The second-order valence-electron chi connectivity index (χ2n) is 3.50. The highest BCUT2D eigenvalue weighted by Gasteiger charge is 2.20. The molecule has 0 fully saturated rings. The summed E-state index contributed by atoms with van der Waals surface area (Å²) in [6.45, 7) is 0.166. The molecular weight excluding hydrogens is 228 g/mol. The summed E-state index contributed by atoms with van der Waals surface area (Å²) in [5, 5.41) is 10.3. The van der Waals surface area contributed by atoms with Gasteiger partial charge in [0.2, 0.25) is 6.79 Å². The zero-order valence-corrected chi connectivity index (χ0v) is 9.33. The van der Waals surface area contributed by atoms with Crippen LogP contribution in [0.2, 0.25) is 5.02 Å². The smallest absolute Gasteiger partial charge is 0.231 e. The highest BCUT2D eigenvalue weighted by molar-refractivity contribution is 6.32. The molecular formula is C12H11ClO3. The molecule has 1 heterocycles. The lowest BCUT2D eigenvalue weighted by Crippen LogP contribution is -1.97. The van der Waals surface area contributed by atoms with Crippen LogP contribution in [0.15, 0.2) is 12.1 Å². The number of hydrogen-bond acceptors (Lipinski definition) is 3. The third-order valence-electron chi connectivity index (χ3n) is 2.40. The summed E-state index contributed by atoms with van der Waals surface area (Å²) >= 11 is 6.00.